The average Bonchev–Trinajstić information content (AvgIpc) is 2.65. The second-order valence-electron chi connectivity index (χ2n) is 3.88. The summed E-state index contributed by atoms with van der Waals surface area (Å²) in [4.78, 5) is 12.2. The molecule has 0 aliphatic rings. The fraction of sp³-hybridized carbons (Fsp3) is 0.0833. The van der Waals surface area contributed by atoms with Gasteiger partial charge in [-0.05, 0) is 78.5 Å². The largest absolute Gasteiger partial charge is 0.398 e. The van der Waals surface area contributed by atoms with E-state index in [-0.39, 0.29) is 5.91 Å². The van der Waals surface area contributed by atoms with Crippen LogP contribution in [0.4, 0.5) is 11.4 Å². The predicted octanol–water partition coefficient (Wildman–Crippen LogP) is 5.18. The maximum atomic E-state index is 12.2. The first kappa shape index (κ1) is 15.0. The number of carbonyl (C=O) groups is 1. The summed E-state index contributed by atoms with van der Waals surface area (Å²) in [5, 5.41) is 2.84. The third-order valence-electron chi connectivity index (χ3n) is 2.51. The van der Waals surface area contributed by atoms with Gasteiger partial charge >= 0.3 is 0 Å². The zero-order valence-electron chi connectivity index (χ0n) is 9.76. The van der Waals surface area contributed by atoms with E-state index in [1.165, 1.54) is 11.3 Å². The van der Waals surface area contributed by atoms with Crippen LogP contribution in [0.2, 0.25) is 0 Å². The van der Waals surface area contributed by atoms with Gasteiger partial charge in [-0.25, -0.2) is 0 Å². The van der Waals surface area contributed by atoms with Gasteiger partial charge in [0.1, 0.15) is 0 Å². The molecule has 100 valence electrons. The van der Waals surface area contributed by atoms with Crippen LogP contribution in [-0.4, -0.2) is 5.91 Å². The van der Waals surface area contributed by atoms with Crippen molar-refractivity contribution in [2.45, 2.75) is 6.92 Å². The van der Waals surface area contributed by atoms with Gasteiger partial charge in [0.25, 0.3) is 5.91 Å². The highest BCUT2D eigenvalue weighted by atomic mass is 79.9. The number of amides is 1. The van der Waals surface area contributed by atoms with Crippen LogP contribution in [0.15, 0.2) is 30.2 Å². The predicted molar refractivity (Wildman–Crippen MR) is 91.0 cm³/mol. The minimum Gasteiger partial charge on any atom is -0.398 e. The molecule has 1 aromatic carbocycles. The molecule has 19 heavy (non-hydrogen) atoms. The summed E-state index contributed by atoms with van der Waals surface area (Å²) in [6.45, 7) is 1.91. The highest BCUT2D eigenvalue weighted by Crippen LogP contribution is 2.33. The summed E-state index contributed by atoms with van der Waals surface area (Å²) >= 11 is 11.6. The Bertz CT molecular complexity index is 655. The number of aryl methyl sites for hydroxylation is 1. The Hall–Kier alpha value is -0.370. The Morgan fingerprint density at radius 1 is 1.26 bits per heavy atom. The van der Waals surface area contributed by atoms with Crippen molar-refractivity contribution in [2.75, 3.05) is 11.1 Å². The monoisotopic (exact) mass is 466 g/mol. The second kappa shape index (κ2) is 5.95. The maximum absolute atomic E-state index is 12.2. The van der Waals surface area contributed by atoms with Gasteiger partial charge in [0.15, 0.2) is 0 Å². The first-order valence-electron chi connectivity index (χ1n) is 5.20. The lowest BCUT2D eigenvalue weighted by Crippen LogP contribution is -2.12. The molecule has 0 fully saturated rings. The van der Waals surface area contributed by atoms with Crippen molar-refractivity contribution in [3.63, 3.8) is 0 Å². The molecule has 1 amide bonds. The van der Waals surface area contributed by atoms with Gasteiger partial charge in [-0.2, -0.15) is 0 Å². The summed E-state index contributed by atoms with van der Waals surface area (Å²) in [5.74, 6) is -0.183. The molecule has 0 aliphatic carbocycles. The van der Waals surface area contributed by atoms with Crippen molar-refractivity contribution in [2.24, 2.45) is 0 Å². The van der Waals surface area contributed by atoms with Crippen LogP contribution >= 0.6 is 59.1 Å². The standard InChI is InChI=1S/C12H9Br3N2OS/c1-5-2-7(13)9(4-8(5)16)17-12(18)6-3-10(14)19-11(6)15/h2-4H,16H2,1H3,(H,17,18). The molecular weight excluding hydrogens is 460 g/mol. The van der Waals surface area contributed by atoms with E-state index in [0.717, 1.165) is 17.6 Å². The third kappa shape index (κ3) is 3.39. The number of nitrogens with two attached hydrogens (primary N) is 1. The topological polar surface area (TPSA) is 55.1 Å². The molecule has 0 aliphatic heterocycles. The van der Waals surface area contributed by atoms with Crippen molar-refractivity contribution in [3.05, 3.63) is 41.4 Å². The zero-order valence-corrected chi connectivity index (χ0v) is 15.3. The van der Waals surface area contributed by atoms with Gasteiger partial charge in [0, 0.05) is 10.2 Å². The van der Waals surface area contributed by atoms with E-state index in [4.69, 9.17) is 5.73 Å². The van der Waals surface area contributed by atoms with E-state index in [9.17, 15) is 4.79 Å². The molecule has 2 aromatic rings. The maximum Gasteiger partial charge on any atom is 0.257 e. The summed E-state index contributed by atoms with van der Waals surface area (Å²) in [6, 6.07) is 5.39. The summed E-state index contributed by atoms with van der Waals surface area (Å²) < 4.78 is 2.48. The van der Waals surface area contributed by atoms with E-state index in [0.29, 0.717) is 16.9 Å². The number of carbonyl (C=O) groups excluding carboxylic acids is 1. The Morgan fingerprint density at radius 2 is 1.95 bits per heavy atom. The Labute approximate surface area is 140 Å². The van der Waals surface area contributed by atoms with Gasteiger partial charge in [-0.3, -0.25) is 4.79 Å². The number of benzene rings is 1. The first-order valence-corrected chi connectivity index (χ1v) is 8.40. The molecule has 3 nitrogen and oxygen atoms in total. The molecule has 1 aromatic heterocycles. The van der Waals surface area contributed by atoms with Crippen LogP contribution in [0.1, 0.15) is 15.9 Å². The van der Waals surface area contributed by atoms with Crippen molar-refractivity contribution < 1.29 is 4.79 Å². The Kier molecular flexibility index (Phi) is 4.70. The fourth-order valence-corrected chi connectivity index (χ4v) is 4.82. The van der Waals surface area contributed by atoms with Crippen LogP contribution < -0.4 is 11.1 Å². The van der Waals surface area contributed by atoms with Gasteiger partial charge < -0.3 is 11.1 Å². The van der Waals surface area contributed by atoms with Crippen LogP contribution in [0.3, 0.4) is 0 Å². The van der Waals surface area contributed by atoms with Gasteiger partial charge in [-0.1, -0.05) is 0 Å². The molecule has 1 heterocycles. The quantitative estimate of drug-likeness (QED) is 0.597. The number of nitrogen functional groups attached to an aromatic ring is 1. The van der Waals surface area contributed by atoms with Crippen molar-refractivity contribution in [3.8, 4) is 0 Å². The normalized spacial score (nSPS) is 10.5. The molecule has 0 radical (unpaired) electrons. The van der Waals surface area contributed by atoms with Crippen LogP contribution in [0, 0.1) is 6.92 Å². The Morgan fingerprint density at radius 3 is 2.53 bits per heavy atom. The van der Waals surface area contributed by atoms with Crippen molar-refractivity contribution in [1.82, 2.24) is 0 Å². The van der Waals surface area contributed by atoms with E-state index < -0.39 is 0 Å². The lowest BCUT2D eigenvalue weighted by molar-refractivity contribution is 0.102. The number of nitrogens with one attached hydrogen (secondary N) is 1. The molecule has 2 rings (SSSR count). The van der Waals surface area contributed by atoms with E-state index >= 15 is 0 Å². The lowest BCUT2D eigenvalue weighted by atomic mass is 10.2. The lowest BCUT2D eigenvalue weighted by Gasteiger charge is -2.09. The third-order valence-corrected chi connectivity index (χ3v) is 5.50. The molecule has 0 atom stereocenters. The molecule has 0 saturated heterocycles. The van der Waals surface area contributed by atoms with Crippen LogP contribution in [-0.2, 0) is 0 Å². The van der Waals surface area contributed by atoms with Gasteiger partial charge in [-0.15, -0.1) is 11.3 Å². The van der Waals surface area contributed by atoms with Crippen LogP contribution in [0.25, 0.3) is 0 Å². The van der Waals surface area contributed by atoms with Gasteiger partial charge in [0.05, 0.1) is 18.8 Å². The number of anilines is 2. The number of hydrogen-bond acceptors (Lipinski definition) is 3. The number of hydrogen-bond donors (Lipinski definition) is 2. The fourth-order valence-electron chi connectivity index (χ4n) is 1.47. The van der Waals surface area contributed by atoms with E-state index in [1.54, 1.807) is 12.1 Å². The SMILES string of the molecule is Cc1cc(Br)c(NC(=O)c2cc(Br)sc2Br)cc1N. The summed E-state index contributed by atoms with van der Waals surface area (Å²) in [7, 11) is 0. The minimum atomic E-state index is -0.183. The Balaban J connectivity index is 2.29. The smallest absolute Gasteiger partial charge is 0.257 e. The molecule has 3 N–H and O–H groups in total. The van der Waals surface area contributed by atoms with E-state index in [2.05, 4.69) is 53.1 Å². The van der Waals surface area contributed by atoms with Crippen molar-refractivity contribution in [1.29, 1.82) is 0 Å². The first-order chi connectivity index (χ1) is 8.88. The number of thiophene rings is 1. The van der Waals surface area contributed by atoms with E-state index in [1.807, 2.05) is 13.0 Å². The minimum absolute atomic E-state index is 0.183. The number of rotatable bonds is 2. The second-order valence-corrected chi connectivity index (χ2v) is 8.48. The zero-order chi connectivity index (χ0) is 14.2. The van der Waals surface area contributed by atoms with Crippen LogP contribution in [0.5, 0.6) is 0 Å². The summed E-state index contributed by atoms with van der Waals surface area (Å²) in [6.07, 6.45) is 0. The highest BCUT2D eigenvalue weighted by molar-refractivity contribution is 9.12. The molecular formula is C12H9Br3N2OS. The van der Waals surface area contributed by atoms with Crippen molar-refractivity contribution >= 4 is 76.4 Å². The van der Waals surface area contributed by atoms with Gasteiger partial charge in [0.2, 0.25) is 0 Å². The molecule has 7 heteroatoms. The molecule has 0 spiro atoms. The highest BCUT2D eigenvalue weighted by Gasteiger charge is 2.15. The molecule has 0 bridgehead atoms. The summed E-state index contributed by atoms with van der Waals surface area (Å²) in [5.41, 5.74) is 8.70. The average molecular weight is 469 g/mol. The number of halogens is 3. The molecule has 0 saturated carbocycles. The molecule has 0 unspecified atom stereocenters.